The van der Waals surface area contributed by atoms with Crippen molar-refractivity contribution in [3.05, 3.63) is 88.1 Å². The van der Waals surface area contributed by atoms with Crippen molar-refractivity contribution in [1.29, 1.82) is 10.5 Å². The molecule has 1 aliphatic carbocycles. The molecule has 0 unspecified atom stereocenters. The summed E-state index contributed by atoms with van der Waals surface area (Å²) in [5.41, 5.74) is 4.63. The second-order valence-electron chi connectivity index (χ2n) is 5.81. The normalized spacial score (nSPS) is 12.2. The largest absolute Gasteiger partial charge is 0.238 e. The molecule has 126 valence electrons. The van der Waals surface area contributed by atoms with Crippen LogP contribution in [0.25, 0.3) is 32.2 Å². The molecule has 0 bridgehead atoms. The highest BCUT2D eigenvalue weighted by Crippen LogP contribution is 2.38. The molecule has 0 saturated carbocycles. The number of hydrogen-bond acceptors (Lipinski definition) is 5. The highest BCUT2D eigenvalue weighted by molar-refractivity contribution is 6.23. The Morgan fingerprint density at radius 1 is 0.821 bits per heavy atom. The first kappa shape index (κ1) is 16.6. The summed E-state index contributed by atoms with van der Waals surface area (Å²) in [6.45, 7) is 14.1. The first-order valence-corrected chi connectivity index (χ1v) is 8.00. The van der Waals surface area contributed by atoms with Gasteiger partial charge in [-0.2, -0.15) is 17.1 Å². The van der Waals surface area contributed by atoms with E-state index in [1.807, 2.05) is 42.5 Å². The summed E-state index contributed by atoms with van der Waals surface area (Å²) >= 11 is 0. The molecule has 0 atom stereocenters. The van der Waals surface area contributed by atoms with Crippen molar-refractivity contribution >= 4 is 11.4 Å². The molecule has 3 aromatic rings. The second-order valence-corrected chi connectivity index (χ2v) is 5.81. The Kier molecular flexibility index (Phi) is 3.83. The average Bonchev–Trinajstić information content (AvgIpc) is 3.05. The average molecular weight is 357 g/mol. The molecule has 0 spiro atoms. The lowest BCUT2D eigenvalue weighted by Crippen LogP contribution is -2.04. The minimum Gasteiger partial charge on any atom is -0.238 e. The van der Waals surface area contributed by atoms with Crippen molar-refractivity contribution in [2.75, 3.05) is 0 Å². The van der Waals surface area contributed by atoms with Gasteiger partial charge in [0.2, 0.25) is 0 Å². The molecule has 0 amide bonds. The smallest absolute Gasteiger partial charge is 0.187 e. The molecule has 1 aliphatic rings. The Labute approximate surface area is 160 Å². The molecule has 0 radical (unpaired) electrons. The van der Waals surface area contributed by atoms with Gasteiger partial charge >= 0.3 is 0 Å². The fourth-order valence-electron chi connectivity index (χ4n) is 3.08. The van der Waals surface area contributed by atoms with Crippen LogP contribution in [-0.2, 0) is 0 Å². The van der Waals surface area contributed by atoms with E-state index in [-0.39, 0.29) is 11.4 Å². The van der Waals surface area contributed by atoms with Crippen LogP contribution in [0.2, 0.25) is 0 Å². The van der Waals surface area contributed by atoms with E-state index in [1.54, 1.807) is 12.1 Å². The van der Waals surface area contributed by atoms with Gasteiger partial charge in [-0.3, -0.25) is 0 Å². The van der Waals surface area contributed by atoms with E-state index in [2.05, 4.69) is 24.9 Å². The third kappa shape index (κ3) is 2.45. The van der Waals surface area contributed by atoms with Gasteiger partial charge in [0.15, 0.2) is 22.8 Å². The first-order chi connectivity index (χ1) is 13.7. The van der Waals surface area contributed by atoms with Gasteiger partial charge in [0.1, 0.15) is 23.5 Å². The fourth-order valence-corrected chi connectivity index (χ4v) is 3.08. The Morgan fingerprint density at radius 3 is 2.07 bits per heavy atom. The van der Waals surface area contributed by atoms with Gasteiger partial charge in [0.25, 0.3) is 0 Å². The predicted molar refractivity (Wildman–Crippen MR) is 101 cm³/mol. The number of benzene rings is 2. The van der Waals surface area contributed by atoms with Gasteiger partial charge in [-0.1, -0.05) is 36.4 Å². The van der Waals surface area contributed by atoms with Crippen LogP contribution >= 0.6 is 0 Å². The van der Waals surface area contributed by atoms with E-state index < -0.39 is 0 Å². The molecule has 2 aromatic carbocycles. The van der Waals surface area contributed by atoms with Crippen molar-refractivity contribution in [3.8, 4) is 34.5 Å². The van der Waals surface area contributed by atoms with Gasteiger partial charge in [-0.15, -0.1) is 4.95 Å². The van der Waals surface area contributed by atoms with Crippen LogP contribution < -0.4 is 0 Å². The molecular formula is C21H7N7. The molecule has 7 heteroatoms. The molecule has 1 heterocycles. The van der Waals surface area contributed by atoms with Gasteiger partial charge in [-0.25, -0.2) is 14.8 Å². The molecule has 28 heavy (non-hydrogen) atoms. The zero-order chi connectivity index (χ0) is 19.7. The Balaban J connectivity index is 1.95. The first-order valence-electron chi connectivity index (χ1n) is 8.00. The topological polar surface area (TPSA) is 94.4 Å². The summed E-state index contributed by atoms with van der Waals surface area (Å²) in [7, 11) is 0. The van der Waals surface area contributed by atoms with E-state index >= 15 is 0 Å². The molecule has 1 aromatic heterocycles. The molecule has 0 fully saturated rings. The third-order valence-corrected chi connectivity index (χ3v) is 4.34. The van der Waals surface area contributed by atoms with Crippen molar-refractivity contribution in [3.63, 3.8) is 0 Å². The summed E-state index contributed by atoms with van der Waals surface area (Å²) in [6.07, 6.45) is 0. The number of rotatable bonds is 1. The third-order valence-electron chi connectivity index (χ3n) is 4.34. The van der Waals surface area contributed by atoms with Crippen LogP contribution in [0.1, 0.15) is 22.6 Å². The number of nitrogens with zero attached hydrogens (tertiary/aromatic N) is 7. The predicted octanol–water partition coefficient (Wildman–Crippen LogP) is 4.09. The van der Waals surface area contributed by atoms with E-state index in [9.17, 15) is 10.5 Å². The van der Waals surface area contributed by atoms with Crippen LogP contribution in [0.4, 0.5) is 5.69 Å². The molecule has 0 saturated heterocycles. The van der Waals surface area contributed by atoms with E-state index in [1.165, 1.54) is 0 Å². The Bertz CT molecular complexity index is 1340. The zero-order valence-corrected chi connectivity index (χ0v) is 14.2. The van der Waals surface area contributed by atoms with E-state index in [0.717, 1.165) is 11.1 Å². The van der Waals surface area contributed by atoms with Crippen molar-refractivity contribution in [2.24, 2.45) is 5.10 Å². The van der Waals surface area contributed by atoms with Gasteiger partial charge < -0.3 is 0 Å². The molecule has 7 nitrogen and oxygen atoms in total. The monoisotopic (exact) mass is 357 g/mol. The summed E-state index contributed by atoms with van der Waals surface area (Å²) in [4.78, 5) is 15.0. The maximum Gasteiger partial charge on any atom is 0.187 e. The van der Waals surface area contributed by atoms with E-state index in [4.69, 9.17) is 13.1 Å². The highest BCUT2D eigenvalue weighted by atomic mass is 15.2. The fraction of sp³-hybridized carbons (Fsp3) is 0. The Morgan fingerprint density at radius 2 is 1.46 bits per heavy atom. The zero-order valence-electron chi connectivity index (χ0n) is 14.2. The minimum atomic E-state index is -0.0957. The summed E-state index contributed by atoms with van der Waals surface area (Å²) in [5.74, 6) is 0. The number of hydrogen-bond donors (Lipinski definition) is 0. The second kappa shape index (κ2) is 6.46. The van der Waals surface area contributed by atoms with Crippen LogP contribution in [0.3, 0.4) is 0 Å². The maximum atomic E-state index is 9.27. The molecule has 0 aliphatic heterocycles. The lowest BCUT2D eigenvalue weighted by atomic mass is 9.99. The van der Waals surface area contributed by atoms with Crippen LogP contribution in [0, 0.1) is 35.8 Å². The number of aromatic nitrogens is 2. The van der Waals surface area contributed by atoms with Gasteiger partial charge in [0.05, 0.1) is 11.7 Å². The Hall–Kier alpha value is -4.85. The van der Waals surface area contributed by atoms with Crippen molar-refractivity contribution < 1.29 is 0 Å². The highest BCUT2D eigenvalue weighted by Gasteiger charge is 2.32. The molecule has 0 N–H and O–H groups in total. The van der Waals surface area contributed by atoms with Gasteiger partial charge in [0, 0.05) is 11.1 Å². The molecule has 4 rings (SSSR count). The quantitative estimate of drug-likeness (QED) is 0.379. The summed E-state index contributed by atoms with van der Waals surface area (Å²) < 4.78 is 0. The summed E-state index contributed by atoms with van der Waals surface area (Å²) in [6, 6.07) is 16.5. The maximum absolute atomic E-state index is 9.27. The molecular weight excluding hydrogens is 350 g/mol. The van der Waals surface area contributed by atoms with Crippen LogP contribution in [-0.4, -0.2) is 15.7 Å². The van der Waals surface area contributed by atoms with Crippen molar-refractivity contribution in [1.82, 2.24) is 9.97 Å². The number of nitriles is 2. The lowest BCUT2D eigenvalue weighted by Gasteiger charge is -2.05. The van der Waals surface area contributed by atoms with E-state index in [0.29, 0.717) is 33.9 Å². The standard InChI is InChI=1S/C21H7N7/c1-24-14-6-3-12(4-7-14)13-5-8-15-16(9-13)19-21(20(15)28-25-2)27-18(11-23)17(10-22)26-19/h3-9H. The van der Waals surface area contributed by atoms with Gasteiger partial charge in [-0.05, 0) is 17.2 Å². The van der Waals surface area contributed by atoms with Crippen molar-refractivity contribution in [2.45, 2.75) is 0 Å². The number of fused-ring (bicyclic) bond motifs is 3. The minimum absolute atomic E-state index is 0.0666. The SMILES string of the molecule is [C-]#[N+]N=C1c2ccc(-c3ccc([N+]#[C-])cc3)cc2-c2nc(C#N)c(C#N)nc21. The lowest BCUT2D eigenvalue weighted by molar-refractivity contribution is 1.13. The summed E-state index contributed by atoms with van der Waals surface area (Å²) in [5, 5.41) is 22.3. The van der Waals surface area contributed by atoms with Crippen LogP contribution in [0.15, 0.2) is 47.6 Å². The van der Waals surface area contributed by atoms with Crippen LogP contribution in [0.5, 0.6) is 0 Å².